The lowest BCUT2D eigenvalue weighted by molar-refractivity contribution is -0.167. The van der Waals surface area contributed by atoms with E-state index in [0.717, 1.165) is 11.3 Å². The first kappa shape index (κ1) is 33.3. The van der Waals surface area contributed by atoms with Gasteiger partial charge in [-0.1, -0.05) is 5.16 Å². The summed E-state index contributed by atoms with van der Waals surface area (Å²) in [6.45, 7) is 11.0. The van der Waals surface area contributed by atoms with E-state index in [-0.39, 0.29) is 21.7 Å². The van der Waals surface area contributed by atoms with Crippen LogP contribution in [0.3, 0.4) is 0 Å². The largest absolute Gasteiger partial charge is 0.457 e. The summed E-state index contributed by atoms with van der Waals surface area (Å²) in [5.41, 5.74) is -2.29. The van der Waals surface area contributed by atoms with Gasteiger partial charge in [0.25, 0.3) is 11.8 Å². The molecule has 3 heterocycles. The number of aromatic nitrogens is 4. The van der Waals surface area contributed by atoms with Crippen LogP contribution in [0.15, 0.2) is 23.2 Å². The van der Waals surface area contributed by atoms with Crippen LogP contribution in [0.2, 0.25) is 0 Å². The van der Waals surface area contributed by atoms with Gasteiger partial charge in [-0.25, -0.2) is 23.9 Å². The Labute approximate surface area is 250 Å². The van der Waals surface area contributed by atoms with Gasteiger partial charge in [0.2, 0.25) is 6.10 Å². The number of carbonyl (C=O) groups is 4. The maximum atomic E-state index is 13.4. The second-order valence-corrected chi connectivity index (χ2v) is 13.3. The summed E-state index contributed by atoms with van der Waals surface area (Å²) in [5, 5.41) is 13.8. The third kappa shape index (κ3) is 9.16. The van der Waals surface area contributed by atoms with Crippen LogP contribution in [0.1, 0.15) is 54.2 Å². The first-order valence-electron chi connectivity index (χ1n) is 12.6. The zero-order chi connectivity index (χ0) is 32.3. The Morgan fingerprint density at radius 1 is 1.16 bits per heavy atom. The molecule has 3 N–H and O–H groups in total. The number of β-lactam (4-membered cyclic amide) rings is 1. The maximum Gasteiger partial charge on any atom is 0.413 e. The molecule has 20 heteroatoms. The first-order chi connectivity index (χ1) is 19.7. The van der Waals surface area contributed by atoms with Crippen molar-refractivity contribution in [3.63, 3.8) is 0 Å². The summed E-state index contributed by atoms with van der Waals surface area (Å²) in [6.07, 6.45) is 0.329. The average molecular weight is 645 g/mol. The molecule has 236 valence electrons. The van der Waals surface area contributed by atoms with Gasteiger partial charge in [-0.05, 0) is 48.5 Å². The minimum atomic E-state index is -4.97. The Morgan fingerprint density at radius 3 is 2.37 bits per heavy atom. The highest BCUT2D eigenvalue weighted by Gasteiger charge is 2.54. The molecule has 1 fully saturated rings. The van der Waals surface area contributed by atoms with E-state index in [1.54, 1.807) is 41.5 Å². The quantitative estimate of drug-likeness (QED) is 0.107. The van der Waals surface area contributed by atoms with Gasteiger partial charge in [0.1, 0.15) is 35.6 Å². The number of thiazole rings is 1. The van der Waals surface area contributed by atoms with E-state index in [0.29, 0.717) is 0 Å². The maximum absolute atomic E-state index is 13.4. The molecule has 0 aliphatic carbocycles. The SMILES string of the molecule is C[C@@H](O/N=C(/C(=O)N[C@@H]1C(=O)N(S(=O)(=O)O)[C@@H]1Cn1cncn1)c1csc(NC(=O)OC(C)(C)C)n1)C(=O)OC(C)(C)C. The number of hydrogen-bond acceptors (Lipinski definition) is 14. The van der Waals surface area contributed by atoms with Crippen LogP contribution in [-0.2, 0) is 45.5 Å². The van der Waals surface area contributed by atoms with E-state index < -0.39 is 69.3 Å². The molecule has 0 spiro atoms. The van der Waals surface area contributed by atoms with Crippen molar-refractivity contribution in [2.75, 3.05) is 5.32 Å². The van der Waals surface area contributed by atoms with Crippen molar-refractivity contribution in [1.29, 1.82) is 0 Å². The number of carbonyl (C=O) groups excluding carboxylic acids is 4. The Hall–Kier alpha value is -4.17. The van der Waals surface area contributed by atoms with E-state index in [1.807, 2.05) is 0 Å². The van der Waals surface area contributed by atoms with Crippen molar-refractivity contribution in [3.8, 4) is 0 Å². The molecule has 1 saturated heterocycles. The van der Waals surface area contributed by atoms with Crippen LogP contribution in [0, 0.1) is 0 Å². The molecule has 18 nitrogen and oxygen atoms in total. The van der Waals surface area contributed by atoms with Gasteiger partial charge in [0, 0.05) is 5.38 Å². The van der Waals surface area contributed by atoms with E-state index in [2.05, 4.69) is 30.9 Å². The fourth-order valence-electron chi connectivity index (χ4n) is 3.46. The molecule has 0 radical (unpaired) electrons. The standard InChI is InChI=1S/C23H32N8O10S2/c1-12(19(34)39-22(2,3)4)41-29-15(13-9-42-20(26-13)28-21(35)40-23(5,6)7)17(32)27-16-14(8-30-11-24-10-25-30)31(18(16)33)43(36,37)38/h9-12,14,16H,8H2,1-7H3,(H,27,32)(H,26,28,35)(H,36,37,38)/b29-15+/t12-,14-,16+/m1/s1. The smallest absolute Gasteiger partial charge is 0.413 e. The average Bonchev–Trinajstić information content (AvgIpc) is 3.51. The zero-order valence-corrected chi connectivity index (χ0v) is 25.9. The number of ether oxygens (including phenoxy) is 2. The zero-order valence-electron chi connectivity index (χ0n) is 24.3. The normalized spacial score (nSPS) is 18.4. The molecular formula is C23H32N8O10S2. The summed E-state index contributed by atoms with van der Waals surface area (Å²) in [7, 11) is -4.97. The van der Waals surface area contributed by atoms with Crippen molar-refractivity contribution >= 4 is 56.4 Å². The number of rotatable bonds is 10. The Balaban J connectivity index is 1.88. The Kier molecular flexibility index (Phi) is 9.76. The second-order valence-electron chi connectivity index (χ2n) is 11.1. The van der Waals surface area contributed by atoms with Crippen LogP contribution < -0.4 is 10.6 Å². The molecular weight excluding hydrogens is 612 g/mol. The van der Waals surface area contributed by atoms with Crippen LogP contribution >= 0.6 is 11.3 Å². The van der Waals surface area contributed by atoms with Crippen molar-refractivity contribution in [3.05, 3.63) is 23.7 Å². The molecule has 1 aliphatic rings. The Morgan fingerprint density at radius 2 is 1.81 bits per heavy atom. The molecule has 0 saturated carbocycles. The van der Waals surface area contributed by atoms with Crippen LogP contribution in [-0.4, -0.2) is 96.0 Å². The number of amides is 3. The van der Waals surface area contributed by atoms with Gasteiger partial charge in [-0.15, -0.1) is 11.3 Å². The molecule has 3 amide bonds. The van der Waals surface area contributed by atoms with Gasteiger partial charge in [0.05, 0.1) is 12.6 Å². The molecule has 3 atom stereocenters. The van der Waals surface area contributed by atoms with Crippen LogP contribution in [0.4, 0.5) is 9.93 Å². The third-order valence-electron chi connectivity index (χ3n) is 5.16. The number of nitrogens with one attached hydrogen (secondary N) is 2. The second kappa shape index (κ2) is 12.6. The van der Waals surface area contributed by atoms with Crippen molar-refractivity contribution < 1.29 is 46.5 Å². The summed E-state index contributed by atoms with van der Waals surface area (Å²) in [6, 6.07) is -2.74. The minimum Gasteiger partial charge on any atom is -0.457 e. The number of anilines is 1. The monoisotopic (exact) mass is 644 g/mol. The fourth-order valence-corrected chi connectivity index (χ4v) is 5.02. The number of nitrogens with zero attached hydrogens (tertiary/aromatic N) is 6. The summed E-state index contributed by atoms with van der Waals surface area (Å²) < 4.78 is 45.0. The van der Waals surface area contributed by atoms with E-state index >= 15 is 0 Å². The number of hydrogen-bond donors (Lipinski definition) is 3. The number of esters is 1. The van der Waals surface area contributed by atoms with Crippen molar-refractivity contribution in [2.45, 2.75) is 84.4 Å². The molecule has 1 aliphatic heterocycles. The van der Waals surface area contributed by atoms with Gasteiger partial charge < -0.3 is 19.6 Å². The molecule has 3 rings (SSSR count). The molecule has 43 heavy (non-hydrogen) atoms. The minimum absolute atomic E-state index is 0.0197. The molecule has 2 aromatic rings. The van der Waals surface area contributed by atoms with Gasteiger partial charge in [-0.2, -0.15) is 13.5 Å². The lowest BCUT2D eigenvalue weighted by Gasteiger charge is -2.43. The fraction of sp³-hybridized carbons (Fsp3) is 0.565. The summed E-state index contributed by atoms with van der Waals surface area (Å²) >= 11 is 0.907. The van der Waals surface area contributed by atoms with Gasteiger partial charge in [0.15, 0.2) is 10.8 Å². The van der Waals surface area contributed by atoms with E-state index in [4.69, 9.17) is 14.3 Å². The first-order valence-corrected chi connectivity index (χ1v) is 14.9. The van der Waals surface area contributed by atoms with Crippen molar-refractivity contribution in [2.24, 2.45) is 5.16 Å². The highest BCUT2D eigenvalue weighted by molar-refractivity contribution is 7.84. The van der Waals surface area contributed by atoms with Crippen molar-refractivity contribution in [1.82, 2.24) is 29.4 Å². The van der Waals surface area contributed by atoms with Gasteiger partial charge in [-0.3, -0.25) is 24.1 Å². The molecule has 0 bridgehead atoms. The summed E-state index contributed by atoms with van der Waals surface area (Å²) in [5.74, 6) is -2.97. The van der Waals surface area contributed by atoms with Gasteiger partial charge >= 0.3 is 22.4 Å². The van der Waals surface area contributed by atoms with Crippen LogP contribution in [0.25, 0.3) is 0 Å². The lowest BCUT2D eigenvalue weighted by atomic mass is 9.98. The van der Waals surface area contributed by atoms with Crippen LogP contribution in [0.5, 0.6) is 0 Å². The van der Waals surface area contributed by atoms with E-state index in [1.165, 1.54) is 29.6 Å². The molecule has 0 aromatic carbocycles. The van der Waals surface area contributed by atoms with E-state index in [9.17, 15) is 32.1 Å². The number of oxime groups is 1. The highest BCUT2D eigenvalue weighted by atomic mass is 32.2. The predicted octanol–water partition coefficient (Wildman–Crippen LogP) is 0.731. The summed E-state index contributed by atoms with van der Waals surface area (Å²) in [4.78, 5) is 63.8. The molecule has 2 aromatic heterocycles. The predicted molar refractivity (Wildman–Crippen MR) is 149 cm³/mol. The lowest BCUT2D eigenvalue weighted by Crippen LogP contribution is -2.73. The Bertz CT molecular complexity index is 1490. The topological polar surface area (TPSA) is 234 Å². The molecule has 0 unspecified atom stereocenters. The third-order valence-corrected chi connectivity index (χ3v) is 6.86. The highest BCUT2D eigenvalue weighted by Crippen LogP contribution is 2.25.